The van der Waals surface area contributed by atoms with Gasteiger partial charge in [-0.05, 0) is 18.2 Å². The summed E-state index contributed by atoms with van der Waals surface area (Å²) >= 11 is 0. The number of amides is 1. The second kappa shape index (κ2) is 8.62. The first kappa shape index (κ1) is 21.1. The zero-order chi connectivity index (χ0) is 23.7. The maximum Gasteiger partial charge on any atom is 0.343 e. The fourth-order valence-corrected chi connectivity index (χ4v) is 3.71. The highest BCUT2D eigenvalue weighted by Crippen LogP contribution is 2.24. The second-order valence-electron chi connectivity index (χ2n) is 7.55. The standard InChI is InChI=1S/C25H18N4O5/c1-15(30)28-18-7-8-19-17(11-23(31)34-22(19)12-18)14-33-25(32)20-13-27-29-21(9-10-26-24(20)29)16-5-3-2-4-6-16/h2-13H,14H2,1H3,(H,28,30). The van der Waals surface area contributed by atoms with Gasteiger partial charge in [0.1, 0.15) is 17.8 Å². The number of carbonyl (C=O) groups excluding carboxylic acids is 2. The van der Waals surface area contributed by atoms with E-state index < -0.39 is 11.6 Å². The van der Waals surface area contributed by atoms with E-state index in [1.54, 1.807) is 28.9 Å². The van der Waals surface area contributed by atoms with Crippen LogP contribution in [0, 0.1) is 0 Å². The van der Waals surface area contributed by atoms with Crippen LogP contribution in [0.4, 0.5) is 5.69 Å². The van der Waals surface area contributed by atoms with Crippen molar-refractivity contribution in [2.24, 2.45) is 0 Å². The van der Waals surface area contributed by atoms with Gasteiger partial charge in [0.2, 0.25) is 5.91 Å². The molecule has 34 heavy (non-hydrogen) atoms. The Morgan fingerprint density at radius 3 is 2.71 bits per heavy atom. The molecule has 0 atom stereocenters. The van der Waals surface area contributed by atoms with Crippen molar-refractivity contribution in [3.05, 3.63) is 94.6 Å². The molecule has 0 aliphatic carbocycles. The van der Waals surface area contributed by atoms with Crippen LogP contribution >= 0.6 is 0 Å². The Hall–Kier alpha value is -4.79. The predicted molar refractivity (Wildman–Crippen MR) is 124 cm³/mol. The van der Waals surface area contributed by atoms with Gasteiger partial charge in [-0.25, -0.2) is 19.1 Å². The first-order valence-electron chi connectivity index (χ1n) is 10.4. The lowest BCUT2D eigenvalue weighted by Gasteiger charge is -2.08. The van der Waals surface area contributed by atoms with Crippen molar-refractivity contribution in [3.63, 3.8) is 0 Å². The first-order valence-corrected chi connectivity index (χ1v) is 10.4. The van der Waals surface area contributed by atoms with Crippen LogP contribution in [0.25, 0.3) is 27.9 Å². The number of anilines is 1. The van der Waals surface area contributed by atoms with Gasteiger partial charge in [0.15, 0.2) is 5.65 Å². The summed E-state index contributed by atoms with van der Waals surface area (Å²) in [5.41, 5.74) is 2.93. The Balaban J connectivity index is 1.43. The van der Waals surface area contributed by atoms with Crippen molar-refractivity contribution in [3.8, 4) is 11.3 Å². The fraction of sp³-hybridized carbons (Fsp3) is 0.0800. The quantitative estimate of drug-likeness (QED) is 0.317. The van der Waals surface area contributed by atoms with Crippen LogP contribution < -0.4 is 10.9 Å². The molecule has 5 rings (SSSR count). The highest BCUT2D eigenvalue weighted by atomic mass is 16.5. The summed E-state index contributed by atoms with van der Waals surface area (Å²) in [7, 11) is 0. The van der Waals surface area contributed by atoms with E-state index in [1.807, 2.05) is 36.4 Å². The summed E-state index contributed by atoms with van der Waals surface area (Å²) in [5.74, 6) is -0.867. The van der Waals surface area contributed by atoms with Gasteiger partial charge in [-0.2, -0.15) is 5.10 Å². The zero-order valence-electron chi connectivity index (χ0n) is 18.0. The third-order valence-corrected chi connectivity index (χ3v) is 5.20. The molecule has 0 radical (unpaired) electrons. The average Bonchev–Trinajstić information content (AvgIpc) is 3.26. The molecule has 0 fully saturated rings. The normalized spacial score (nSPS) is 11.0. The minimum Gasteiger partial charge on any atom is -0.457 e. The number of nitrogens with one attached hydrogen (secondary N) is 1. The molecule has 0 unspecified atom stereocenters. The Morgan fingerprint density at radius 2 is 1.91 bits per heavy atom. The molecule has 0 aliphatic heterocycles. The Bertz CT molecular complexity index is 1600. The van der Waals surface area contributed by atoms with Crippen LogP contribution in [-0.2, 0) is 16.1 Å². The molecule has 2 aromatic carbocycles. The summed E-state index contributed by atoms with van der Waals surface area (Å²) in [6.07, 6.45) is 3.02. The molecule has 0 bridgehead atoms. The van der Waals surface area contributed by atoms with Crippen LogP contribution in [0.3, 0.4) is 0 Å². The molecule has 0 saturated carbocycles. The lowest BCUT2D eigenvalue weighted by molar-refractivity contribution is -0.114. The van der Waals surface area contributed by atoms with Gasteiger partial charge in [-0.15, -0.1) is 0 Å². The molecule has 168 valence electrons. The maximum absolute atomic E-state index is 12.9. The fourth-order valence-electron chi connectivity index (χ4n) is 3.71. The minimum atomic E-state index is -0.621. The number of aromatic nitrogens is 3. The summed E-state index contributed by atoms with van der Waals surface area (Å²) in [6.45, 7) is 1.23. The number of rotatable bonds is 5. The first-order chi connectivity index (χ1) is 16.5. The number of nitrogens with zero attached hydrogens (tertiary/aromatic N) is 3. The molecular weight excluding hydrogens is 436 g/mol. The number of fused-ring (bicyclic) bond motifs is 2. The van der Waals surface area contributed by atoms with Gasteiger partial charge in [0, 0.05) is 47.5 Å². The van der Waals surface area contributed by atoms with Crippen LogP contribution in [0.15, 0.2) is 82.3 Å². The molecular formula is C25H18N4O5. The molecule has 1 amide bonds. The third kappa shape index (κ3) is 4.02. The van der Waals surface area contributed by atoms with Gasteiger partial charge < -0.3 is 14.5 Å². The maximum atomic E-state index is 12.9. The Labute approximate surface area is 192 Å². The van der Waals surface area contributed by atoms with E-state index in [0.717, 1.165) is 11.3 Å². The molecule has 0 aliphatic rings. The van der Waals surface area contributed by atoms with Crippen molar-refractivity contribution in [2.75, 3.05) is 5.32 Å². The second-order valence-corrected chi connectivity index (χ2v) is 7.55. The van der Waals surface area contributed by atoms with Gasteiger partial charge in [0.25, 0.3) is 0 Å². The molecule has 9 heteroatoms. The van der Waals surface area contributed by atoms with Crippen LogP contribution in [0.1, 0.15) is 22.8 Å². The number of carbonyl (C=O) groups is 2. The number of esters is 1. The van der Waals surface area contributed by atoms with Gasteiger partial charge >= 0.3 is 11.6 Å². The van der Waals surface area contributed by atoms with E-state index in [9.17, 15) is 14.4 Å². The van der Waals surface area contributed by atoms with E-state index in [1.165, 1.54) is 19.2 Å². The lowest BCUT2D eigenvalue weighted by atomic mass is 10.1. The van der Waals surface area contributed by atoms with Crippen LogP contribution in [0.5, 0.6) is 0 Å². The Kier molecular flexibility index (Phi) is 5.35. The monoisotopic (exact) mass is 454 g/mol. The lowest BCUT2D eigenvalue weighted by Crippen LogP contribution is -2.09. The summed E-state index contributed by atoms with van der Waals surface area (Å²) in [4.78, 5) is 40.5. The summed E-state index contributed by atoms with van der Waals surface area (Å²) in [5, 5.41) is 7.55. The van der Waals surface area contributed by atoms with Crippen LogP contribution in [0.2, 0.25) is 0 Å². The topological polar surface area (TPSA) is 116 Å². The number of benzene rings is 2. The molecule has 5 aromatic rings. The van der Waals surface area contributed by atoms with E-state index >= 15 is 0 Å². The molecule has 3 aromatic heterocycles. The van der Waals surface area contributed by atoms with E-state index in [-0.39, 0.29) is 23.7 Å². The Morgan fingerprint density at radius 1 is 1.09 bits per heavy atom. The highest BCUT2D eigenvalue weighted by Gasteiger charge is 2.18. The number of ether oxygens (including phenoxy) is 1. The predicted octanol–water partition coefficient (Wildman–Crippen LogP) is 3.82. The van der Waals surface area contributed by atoms with Crippen molar-refractivity contribution in [1.82, 2.24) is 14.6 Å². The van der Waals surface area contributed by atoms with E-state index in [0.29, 0.717) is 22.3 Å². The SMILES string of the molecule is CC(=O)Nc1ccc2c(COC(=O)c3cnn4c(-c5ccccc5)ccnc34)cc(=O)oc2c1. The van der Waals surface area contributed by atoms with Crippen LogP contribution in [-0.4, -0.2) is 26.5 Å². The highest BCUT2D eigenvalue weighted by molar-refractivity contribution is 5.96. The van der Waals surface area contributed by atoms with Crippen molar-refractivity contribution in [2.45, 2.75) is 13.5 Å². The molecule has 1 N–H and O–H groups in total. The summed E-state index contributed by atoms with van der Waals surface area (Å²) in [6, 6.07) is 17.6. The number of hydrogen-bond donors (Lipinski definition) is 1. The molecule has 3 heterocycles. The zero-order valence-corrected chi connectivity index (χ0v) is 18.0. The average molecular weight is 454 g/mol. The molecule has 9 nitrogen and oxygen atoms in total. The van der Waals surface area contributed by atoms with E-state index in [4.69, 9.17) is 9.15 Å². The number of hydrogen-bond acceptors (Lipinski definition) is 7. The van der Waals surface area contributed by atoms with Gasteiger partial charge in [0.05, 0.1) is 11.9 Å². The van der Waals surface area contributed by atoms with Crippen molar-refractivity contribution in [1.29, 1.82) is 0 Å². The van der Waals surface area contributed by atoms with Gasteiger partial charge in [-0.1, -0.05) is 30.3 Å². The van der Waals surface area contributed by atoms with E-state index in [2.05, 4.69) is 15.4 Å². The molecule has 0 spiro atoms. The summed E-state index contributed by atoms with van der Waals surface area (Å²) < 4.78 is 12.3. The molecule has 0 saturated heterocycles. The minimum absolute atomic E-state index is 0.157. The smallest absolute Gasteiger partial charge is 0.343 e. The third-order valence-electron chi connectivity index (χ3n) is 5.20. The largest absolute Gasteiger partial charge is 0.457 e. The van der Waals surface area contributed by atoms with Crippen molar-refractivity contribution >= 4 is 34.2 Å². The van der Waals surface area contributed by atoms with Crippen molar-refractivity contribution < 1.29 is 18.7 Å². The van der Waals surface area contributed by atoms with Gasteiger partial charge in [-0.3, -0.25) is 4.79 Å².